The maximum atomic E-state index is 13.1. The van der Waals surface area contributed by atoms with E-state index in [0.29, 0.717) is 31.8 Å². The Kier molecular flexibility index (Phi) is 5.82. The van der Waals surface area contributed by atoms with Crippen LogP contribution < -0.4 is 21.0 Å². The van der Waals surface area contributed by atoms with Gasteiger partial charge in [-0.1, -0.05) is 18.7 Å². The molecule has 1 aromatic carbocycles. The smallest absolute Gasteiger partial charge is 0.534 e. The zero-order valence-electron chi connectivity index (χ0n) is 20.6. The van der Waals surface area contributed by atoms with Crippen molar-refractivity contribution in [3.63, 3.8) is 0 Å². The Labute approximate surface area is 206 Å². The fourth-order valence-corrected chi connectivity index (χ4v) is 5.39. The molecule has 1 saturated carbocycles. The first-order chi connectivity index (χ1) is 16.6. The molecule has 2 N–H and O–H groups in total. The lowest BCUT2D eigenvalue weighted by molar-refractivity contribution is -0.133. The summed E-state index contributed by atoms with van der Waals surface area (Å²) < 4.78 is 11.9. The van der Waals surface area contributed by atoms with Crippen LogP contribution in [0, 0.1) is 5.92 Å². The normalized spacial score (nSPS) is 28.1. The second-order valence-corrected chi connectivity index (χ2v) is 10.6. The Morgan fingerprint density at radius 1 is 1.26 bits per heavy atom. The van der Waals surface area contributed by atoms with Gasteiger partial charge in [-0.15, -0.1) is 0 Å². The topological polar surface area (TPSA) is 100 Å². The van der Waals surface area contributed by atoms with E-state index in [0.717, 1.165) is 24.0 Å². The van der Waals surface area contributed by atoms with Crippen LogP contribution in [-0.4, -0.2) is 66.7 Å². The van der Waals surface area contributed by atoms with Crippen LogP contribution in [0.5, 0.6) is 0 Å². The van der Waals surface area contributed by atoms with Crippen LogP contribution in [0.2, 0.25) is 0 Å². The zero-order valence-corrected chi connectivity index (χ0v) is 20.6. The van der Waals surface area contributed by atoms with Gasteiger partial charge in [0.05, 0.1) is 5.76 Å². The Balaban J connectivity index is 1.20. The van der Waals surface area contributed by atoms with Crippen molar-refractivity contribution in [2.24, 2.45) is 5.92 Å². The molecule has 0 bridgehead atoms. The van der Waals surface area contributed by atoms with Crippen LogP contribution in [-0.2, 0) is 18.9 Å². The summed E-state index contributed by atoms with van der Waals surface area (Å²) in [7, 11) is -0.484. The van der Waals surface area contributed by atoms with E-state index in [1.54, 1.807) is 0 Å². The number of hydrogen-bond acceptors (Lipinski definition) is 6. The maximum Gasteiger partial charge on any atom is 0.563 e. The molecule has 2 atom stereocenters. The molecular formula is C25H33BN4O5. The Bertz CT molecular complexity index is 1070. The van der Waals surface area contributed by atoms with E-state index in [1.165, 1.54) is 0 Å². The number of benzene rings is 1. The highest BCUT2D eigenvalue weighted by molar-refractivity contribution is 6.62. The number of amides is 4. The molecule has 5 rings (SSSR count). The number of imide groups is 1. The summed E-state index contributed by atoms with van der Waals surface area (Å²) in [6.07, 6.45) is 2.38. The first-order valence-electron chi connectivity index (χ1n) is 12.4. The summed E-state index contributed by atoms with van der Waals surface area (Å²) >= 11 is 0. The summed E-state index contributed by atoms with van der Waals surface area (Å²) in [5.74, 6) is 0.470. The predicted octanol–water partition coefficient (Wildman–Crippen LogP) is 1.53. The summed E-state index contributed by atoms with van der Waals surface area (Å²) in [5.41, 5.74) is 0.537. The van der Waals surface area contributed by atoms with E-state index < -0.39 is 24.3 Å². The zero-order chi connectivity index (χ0) is 25.0. The minimum absolute atomic E-state index is 0.0210. The monoisotopic (exact) mass is 480 g/mol. The second kappa shape index (κ2) is 8.58. The summed E-state index contributed by atoms with van der Waals surface area (Å²) in [6.45, 7) is 11.8. The molecule has 4 fully saturated rings. The molecule has 1 aromatic rings. The second-order valence-electron chi connectivity index (χ2n) is 10.6. The number of nitrogens with one attached hydrogen (secondary N) is 2. The largest absolute Gasteiger partial charge is 0.563 e. The van der Waals surface area contributed by atoms with Gasteiger partial charge in [0.2, 0.25) is 5.91 Å². The fourth-order valence-electron chi connectivity index (χ4n) is 5.39. The summed E-state index contributed by atoms with van der Waals surface area (Å²) in [6, 6.07) is 7.78. The van der Waals surface area contributed by atoms with Crippen molar-refractivity contribution in [1.29, 1.82) is 0 Å². The number of rotatable bonds is 6. The van der Waals surface area contributed by atoms with Crippen molar-refractivity contribution in [1.82, 2.24) is 15.5 Å². The van der Waals surface area contributed by atoms with E-state index >= 15 is 0 Å². The lowest BCUT2D eigenvalue weighted by atomic mass is 9.79. The third-order valence-electron chi connectivity index (χ3n) is 7.75. The lowest BCUT2D eigenvalue weighted by Crippen LogP contribution is -2.55. The predicted molar refractivity (Wildman–Crippen MR) is 132 cm³/mol. The van der Waals surface area contributed by atoms with Crippen LogP contribution in [0.3, 0.4) is 0 Å². The highest BCUT2D eigenvalue weighted by Crippen LogP contribution is 2.43. The van der Waals surface area contributed by atoms with E-state index in [9.17, 15) is 14.4 Å². The van der Waals surface area contributed by atoms with Gasteiger partial charge >= 0.3 is 13.1 Å². The molecule has 1 aliphatic carbocycles. The standard InChI is InChI=1S/C25H33BN4O5/c1-16-15-29(21(31)10-11-25(18-8-9-18)22(32)27-23(33)28-25)12-13-30(16)20-7-5-6-19(14-20)26-34-17(2)24(3,4)35-26/h5-7,14,16,18H,2,8-13,15H2,1,3-4H3,(H2,27,28,32,33)/t16-,25?/m0/s1. The van der Waals surface area contributed by atoms with Gasteiger partial charge in [0.15, 0.2) is 0 Å². The summed E-state index contributed by atoms with van der Waals surface area (Å²) in [4.78, 5) is 41.4. The van der Waals surface area contributed by atoms with E-state index in [-0.39, 0.29) is 30.2 Å². The molecule has 0 spiro atoms. The molecule has 1 unspecified atom stereocenters. The molecule has 0 radical (unpaired) electrons. The third-order valence-corrected chi connectivity index (χ3v) is 7.75. The highest BCUT2D eigenvalue weighted by Gasteiger charge is 2.55. The van der Waals surface area contributed by atoms with Crippen LogP contribution in [0.15, 0.2) is 36.6 Å². The fraction of sp³-hybridized carbons (Fsp3) is 0.560. The average molecular weight is 480 g/mol. The number of anilines is 1. The molecule has 3 heterocycles. The quantitative estimate of drug-likeness (QED) is 0.473. The minimum atomic E-state index is -0.926. The van der Waals surface area contributed by atoms with Gasteiger partial charge in [-0.3, -0.25) is 14.9 Å². The average Bonchev–Trinajstić information content (AvgIpc) is 3.57. The van der Waals surface area contributed by atoms with Gasteiger partial charge in [0, 0.05) is 37.8 Å². The molecule has 9 nitrogen and oxygen atoms in total. The van der Waals surface area contributed by atoms with Gasteiger partial charge in [-0.25, -0.2) is 4.79 Å². The molecule has 0 aromatic heterocycles. The van der Waals surface area contributed by atoms with E-state index in [1.807, 2.05) is 30.9 Å². The van der Waals surface area contributed by atoms with Crippen molar-refractivity contribution in [3.05, 3.63) is 36.6 Å². The van der Waals surface area contributed by atoms with Crippen molar-refractivity contribution >= 4 is 36.1 Å². The Hall–Kier alpha value is -3.01. The van der Waals surface area contributed by atoms with Gasteiger partial charge in [-0.05, 0) is 63.5 Å². The van der Waals surface area contributed by atoms with Crippen molar-refractivity contribution in [2.75, 3.05) is 24.5 Å². The summed E-state index contributed by atoms with van der Waals surface area (Å²) in [5, 5.41) is 5.16. The number of piperazine rings is 1. The number of hydrogen-bond donors (Lipinski definition) is 2. The van der Waals surface area contributed by atoms with Gasteiger partial charge in [0.1, 0.15) is 11.1 Å². The van der Waals surface area contributed by atoms with Gasteiger partial charge in [-0.2, -0.15) is 0 Å². The van der Waals surface area contributed by atoms with Crippen molar-refractivity contribution in [2.45, 2.75) is 63.6 Å². The van der Waals surface area contributed by atoms with Gasteiger partial charge in [0.25, 0.3) is 5.91 Å². The van der Waals surface area contributed by atoms with Crippen LogP contribution in [0.1, 0.15) is 46.5 Å². The molecule has 186 valence electrons. The Morgan fingerprint density at radius 2 is 2.03 bits per heavy atom. The number of carbonyl (C=O) groups is 3. The SMILES string of the molecule is C=C1OB(c2cccc(N3CCN(C(=O)CCC4(C5CC5)NC(=O)NC4=O)C[C@@H]3C)c2)OC1(C)C. The molecular weight excluding hydrogens is 447 g/mol. The molecule has 3 aliphatic heterocycles. The third kappa shape index (κ3) is 4.40. The molecule has 3 saturated heterocycles. The lowest BCUT2D eigenvalue weighted by Gasteiger charge is -2.41. The van der Waals surface area contributed by atoms with E-state index in [4.69, 9.17) is 9.31 Å². The van der Waals surface area contributed by atoms with Crippen molar-refractivity contribution < 1.29 is 23.7 Å². The number of carbonyl (C=O) groups excluding carboxylic acids is 3. The highest BCUT2D eigenvalue weighted by atomic mass is 16.7. The molecule has 10 heteroatoms. The minimum Gasteiger partial charge on any atom is -0.534 e. The van der Waals surface area contributed by atoms with Gasteiger partial charge < -0.3 is 24.4 Å². The van der Waals surface area contributed by atoms with Crippen LogP contribution in [0.25, 0.3) is 0 Å². The van der Waals surface area contributed by atoms with Crippen LogP contribution >= 0.6 is 0 Å². The first-order valence-corrected chi connectivity index (χ1v) is 12.4. The van der Waals surface area contributed by atoms with Crippen molar-refractivity contribution in [3.8, 4) is 0 Å². The first kappa shape index (κ1) is 23.7. The molecule has 4 amide bonds. The van der Waals surface area contributed by atoms with E-state index in [2.05, 4.69) is 41.2 Å². The van der Waals surface area contributed by atoms with Crippen LogP contribution in [0.4, 0.5) is 10.5 Å². The Morgan fingerprint density at radius 3 is 2.63 bits per heavy atom. The molecule has 35 heavy (non-hydrogen) atoms. The number of urea groups is 1. The number of nitrogens with zero attached hydrogens (tertiary/aromatic N) is 2. The molecule has 4 aliphatic rings. The maximum absolute atomic E-state index is 13.1.